The Balaban J connectivity index is 1.42. The molecule has 3 nitrogen and oxygen atoms in total. The van der Waals surface area contributed by atoms with Crippen molar-refractivity contribution in [3.05, 3.63) is 59.7 Å². The van der Waals surface area contributed by atoms with Gasteiger partial charge in [0.1, 0.15) is 5.60 Å². The van der Waals surface area contributed by atoms with Crippen LogP contribution in [0.15, 0.2) is 58.3 Å². The molecule has 0 saturated carbocycles. The van der Waals surface area contributed by atoms with Crippen LogP contribution in [0.3, 0.4) is 0 Å². The molecule has 0 bridgehead atoms. The predicted octanol–water partition coefficient (Wildman–Crippen LogP) is 5.10. The molecule has 0 aliphatic carbocycles. The molecule has 2 aliphatic rings. The summed E-state index contributed by atoms with van der Waals surface area (Å²) < 4.78 is 11.4. The molecule has 0 radical (unpaired) electrons. The fourth-order valence-electron chi connectivity index (χ4n) is 3.87. The fraction of sp³-hybridized carbons (Fsp3) is 0.455. The van der Waals surface area contributed by atoms with Crippen molar-refractivity contribution in [1.82, 2.24) is 0 Å². The number of fused-ring (bicyclic) bond motifs is 2. The molecule has 0 aromatic heterocycles. The van der Waals surface area contributed by atoms with Gasteiger partial charge in [0.25, 0.3) is 0 Å². The maximum absolute atomic E-state index is 11.6. The van der Waals surface area contributed by atoms with Gasteiger partial charge in [-0.2, -0.15) is 0 Å². The number of rotatable bonds is 6. The highest BCUT2D eigenvalue weighted by molar-refractivity contribution is 7.99. The van der Waals surface area contributed by atoms with Gasteiger partial charge in [0, 0.05) is 34.1 Å². The molecule has 2 heterocycles. The third-order valence-electron chi connectivity index (χ3n) is 5.26. The van der Waals surface area contributed by atoms with E-state index in [-0.39, 0.29) is 6.29 Å². The summed E-state index contributed by atoms with van der Waals surface area (Å²) in [6.45, 7) is 1.51. The Morgan fingerprint density at radius 2 is 1.69 bits per heavy atom. The van der Waals surface area contributed by atoms with Gasteiger partial charge in [-0.05, 0) is 50.7 Å². The zero-order valence-electron chi connectivity index (χ0n) is 15.0. The number of hydrogen-bond acceptors (Lipinski definition) is 4. The maximum Gasteiger partial charge on any atom is 0.157 e. The van der Waals surface area contributed by atoms with Crippen molar-refractivity contribution < 1.29 is 14.6 Å². The summed E-state index contributed by atoms with van der Waals surface area (Å²) in [6.07, 6.45) is 5.85. The molecule has 1 unspecified atom stereocenters. The van der Waals surface area contributed by atoms with Gasteiger partial charge in [-0.3, -0.25) is 0 Å². The van der Waals surface area contributed by atoms with Crippen molar-refractivity contribution in [3.63, 3.8) is 0 Å². The third-order valence-corrected chi connectivity index (χ3v) is 6.41. The zero-order chi connectivity index (χ0) is 17.8. The lowest BCUT2D eigenvalue weighted by Crippen LogP contribution is -2.31. The molecule has 26 heavy (non-hydrogen) atoms. The summed E-state index contributed by atoms with van der Waals surface area (Å²) in [5.74, 6) is 0. The first-order chi connectivity index (χ1) is 12.8. The monoisotopic (exact) mass is 370 g/mol. The van der Waals surface area contributed by atoms with Crippen LogP contribution in [-0.4, -0.2) is 24.6 Å². The Kier molecular flexibility index (Phi) is 5.65. The normalized spacial score (nSPS) is 21.0. The van der Waals surface area contributed by atoms with Gasteiger partial charge in [-0.1, -0.05) is 48.2 Å². The smallest absolute Gasteiger partial charge is 0.157 e. The molecule has 2 aromatic carbocycles. The lowest BCUT2D eigenvalue weighted by molar-refractivity contribution is -0.163. The quantitative estimate of drug-likeness (QED) is 0.718. The molecule has 1 atom stereocenters. The number of unbranched alkanes of at least 4 members (excludes halogenated alkanes) is 1. The highest BCUT2D eigenvalue weighted by atomic mass is 32.2. The lowest BCUT2D eigenvalue weighted by Gasteiger charge is -2.36. The van der Waals surface area contributed by atoms with Gasteiger partial charge in [-0.25, -0.2) is 0 Å². The summed E-state index contributed by atoms with van der Waals surface area (Å²) in [7, 11) is 0. The number of benzene rings is 2. The van der Waals surface area contributed by atoms with Gasteiger partial charge < -0.3 is 14.6 Å². The standard InChI is InChI=1S/C22H26O3S/c23-22(14-6-8-16-25-21-13-5-7-15-24-21)17-9-1-3-11-19(17)26-20-12-4-2-10-18(20)22/h1-4,9-12,21,23H,5-8,13-16H2. The number of aliphatic hydroxyl groups is 1. The Morgan fingerprint density at radius 1 is 1.00 bits per heavy atom. The second kappa shape index (κ2) is 8.13. The topological polar surface area (TPSA) is 38.7 Å². The van der Waals surface area contributed by atoms with E-state index in [2.05, 4.69) is 24.3 Å². The third kappa shape index (κ3) is 3.70. The number of ether oxygens (including phenoxy) is 2. The minimum absolute atomic E-state index is 0.0284. The molecule has 1 fully saturated rings. The van der Waals surface area contributed by atoms with Crippen LogP contribution >= 0.6 is 11.8 Å². The van der Waals surface area contributed by atoms with Crippen molar-refractivity contribution in [1.29, 1.82) is 0 Å². The molecule has 4 heteroatoms. The van der Waals surface area contributed by atoms with Crippen LogP contribution in [0.5, 0.6) is 0 Å². The zero-order valence-corrected chi connectivity index (χ0v) is 15.8. The van der Waals surface area contributed by atoms with Gasteiger partial charge in [0.05, 0.1) is 0 Å². The summed E-state index contributed by atoms with van der Waals surface area (Å²) in [5, 5.41) is 11.6. The van der Waals surface area contributed by atoms with E-state index >= 15 is 0 Å². The van der Waals surface area contributed by atoms with E-state index in [1.165, 1.54) is 6.42 Å². The van der Waals surface area contributed by atoms with E-state index in [9.17, 15) is 5.11 Å². The van der Waals surface area contributed by atoms with Gasteiger partial charge in [0.2, 0.25) is 0 Å². The first-order valence-electron chi connectivity index (χ1n) is 9.60. The maximum atomic E-state index is 11.6. The van der Waals surface area contributed by atoms with E-state index in [1.54, 1.807) is 11.8 Å². The van der Waals surface area contributed by atoms with Crippen LogP contribution in [0.4, 0.5) is 0 Å². The van der Waals surface area contributed by atoms with Crippen LogP contribution < -0.4 is 0 Å². The van der Waals surface area contributed by atoms with E-state index in [0.717, 1.165) is 53.2 Å². The van der Waals surface area contributed by atoms with Crippen molar-refractivity contribution >= 4 is 11.8 Å². The summed E-state index contributed by atoms with van der Waals surface area (Å²) in [6, 6.07) is 16.4. The van der Waals surface area contributed by atoms with E-state index in [1.807, 2.05) is 24.3 Å². The van der Waals surface area contributed by atoms with Crippen molar-refractivity contribution in [2.75, 3.05) is 13.2 Å². The molecule has 0 spiro atoms. The largest absolute Gasteiger partial charge is 0.380 e. The highest BCUT2D eigenvalue weighted by Crippen LogP contribution is 2.49. The van der Waals surface area contributed by atoms with Gasteiger partial charge in [0.15, 0.2) is 6.29 Å². The predicted molar refractivity (Wildman–Crippen MR) is 103 cm³/mol. The van der Waals surface area contributed by atoms with E-state index < -0.39 is 5.60 Å². The first-order valence-corrected chi connectivity index (χ1v) is 10.4. The Labute approximate surface area is 159 Å². The molecular weight excluding hydrogens is 344 g/mol. The molecular formula is C22H26O3S. The minimum atomic E-state index is -0.917. The van der Waals surface area contributed by atoms with Crippen LogP contribution in [0.25, 0.3) is 0 Å². The van der Waals surface area contributed by atoms with E-state index in [0.29, 0.717) is 13.0 Å². The second-order valence-electron chi connectivity index (χ2n) is 7.08. The molecule has 138 valence electrons. The Hall–Kier alpha value is -1.33. The Bertz CT molecular complexity index is 694. The number of hydrogen-bond donors (Lipinski definition) is 1. The minimum Gasteiger partial charge on any atom is -0.380 e. The fourth-order valence-corrected chi connectivity index (χ4v) is 5.09. The molecule has 4 rings (SSSR count). The van der Waals surface area contributed by atoms with E-state index in [4.69, 9.17) is 9.47 Å². The summed E-state index contributed by atoms with van der Waals surface area (Å²) >= 11 is 1.75. The molecule has 1 N–H and O–H groups in total. The summed E-state index contributed by atoms with van der Waals surface area (Å²) in [4.78, 5) is 2.31. The van der Waals surface area contributed by atoms with Crippen molar-refractivity contribution in [3.8, 4) is 0 Å². The van der Waals surface area contributed by atoms with Gasteiger partial charge in [-0.15, -0.1) is 0 Å². The molecule has 0 amide bonds. The Morgan fingerprint density at radius 3 is 2.35 bits per heavy atom. The van der Waals surface area contributed by atoms with Crippen LogP contribution in [-0.2, 0) is 15.1 Å². The average molecular weight is 371 g/mol. The van der Waals surface area contributed by atoms with Crippen LogP contribution in [0, 0.1) is 0 Å². The SMILES string of the molecule is OC1(CCCCOC2CCCCO2)c2ccccc2Sc2ccccc21. The second-order valence-corrected chi connectivity index (χ2v) is 8.16. The average Bonchev–Trinajstić information content (AvgIpc) is 2.69. The highest BCUT2D eigenvalue weighted by Gasteiger charge is 2.38. The first kappa shape index (κ1) is 18.1. The molecule has 1 saturated heterocycles. The van der Waals surface area contributed by atoms with Crippen molar-refractivity contribution in [2.24, 2.45) is 0 Å². The van der Waals surface area contributed by atoms with Crippen LogP contribution in [0.1, 0.15) is 49.7 Å². The summed E-state index contributed by atoms with van der Waals surface area (Å²) in [5.41, 5.74) is 1.14. The molecule has 2 aromatic rings. The van der Waals surface area contributed by atoms with Gasteiger partial charge >= 0.3 is 0 Å². The lowest BCUT2D eigenvalue weighted by atomic mass is 9.82. The molecule has 2 aliphatic heterocycles. The van der Waals surface area contributed by atoms with Crippen LogP contribution in [0.2, 0.25) is 0 Å². The van der Waals surface area contributed by atoms with Crippen molar-refractivity contribution in [2.45, 2.75) is 60.2 Å².